The largest absolute Gasteiger partial charge is 0.378 e. The van der Waals surface area contributed by atoms with Crippen LogP contribution in [-0.2, 0) is 4.74 Å². The van der Waals surface area contributed by atoms with Crippen molar-refractivity contribution in [3.8, 4) is 22.8 Å². The van der Waals surface area contributed by atoms with Crippen molar-refractivity contribution >= 4 is 23.2 Å². The zero-order valence-corrected chi connectivity index (χ0v) is 19.0. The number of anilines is 1. The highest BCUT2D eigenvalue weighted by Crippen LogP contribution is 2.33. The molecular formula is C24H23N7OS. The van der Waals surface area contributed by atoms with E-state index in [1.165, 1.54) is 5.69 Å². The van der Waals surface area contributed by atoms with Gasteiger partial charge in [0, 0.05) is 24.3 Å². The fourth-order valence-corrected chi connectivity index (χ4v) is 5.08. The summed E-state index contributed by atoms with van der Waals surface area (Å²) >= 11 is 1.66. The summed E-state index contributed by atoms with van der Waals surface area (Å²) in [6, 6.07) is 20.7. The molecule has 0 bridgehead atoms. The highest BCUT2D eigenvalue weighted by molar-refractivity contribution is 8.00. The van der Waals surface area contributed by atoms with Gasteiger partial charge >= 0.3 is 0 Å². The lowest BCUT2D eigenvalue weighted by Gasteiger charge is -2.29. The maximum absolute atomic E-state index is 5.47. The minimum absolute atomic E-state index is 0.172. The summed E-state index contributed by atoms with van der Waals surface area (Å²) in [5.41, 5.74) is 6.02. The predicted octanol–water partition coefficient (Wildman–Crippen LogP) is 3.92. The molecule has 1 fully saturated rings. The van der Waals surface area contributed by atoms with Crippen LogP contribution in [0.2, 0.25) is 0 Å². The molecule has 2 aromatic carbocycles. The third kappa shape index (κ3) is 3.83. The number of ether oxygens (including phenoxy) is 1. The number of nitrogens with one attached hydrogen (secondary N) is 1. The van der Waals surface area contributed by atoms with Gasteiger partial charge in [0.25, 0.3) is 0 Å². The van der Waals surface area contributed by atoms with Gasteiger partial charge in [0.15, 0.2) is 0 Å². The molecule has 4 heterocycles. The van der Waals surface area contributed by atoms with Gasteiger partial charge in [0.2, 0.25) is 11.0 Å². The van der Waals surface area contributed by atoms with Crippen molar-refractivity contribution in [1.29, 1.82) is 0 Å². The number of rotatable bonds is 4. The third-order valence-corrected chi connectivity index (χ3v) is 6.96. The van der Waals surface area contributed by atoms with Gasteiger partial charge in [-0.1, -0.05) is 54.2 Å². The lowest BCUT2D eigenvalue weighted by Crippen LogP contribution is -2.36. The number of morpholine rings is 1. The van der Waals surface area contributed by atoms with Gasteiger partial charge < -0.3 is 9.64 Å². The second-order valence-electron chi connectivity index (χ2n) is 8.04. The molecule has 1 unspecified atom stereocenters. The zero-order chi connectivity index (χ0) is 22.2. The summed E-state index contributed by atoms with van der Waals surface area (Å²) in [4.78, 5) is 2.35. The second-order valence-corrected chi connectivity index (χ2v) is 9.35. The van der Waals surface area contributed by atoms with E-state index in [-0.39, 0.29) is 5.25 Å². The molecule has 6 rings (SSSR count). The topological polar surface area (TPSA) is 84.2 Å². The monoisotopic (exact) mass is 457 g/mol. The Balaban J connectivity index is 1.32. The summed E-state index contributed by atoms with van der Waals surface area (Å²) < 4.78 is 7.29. The van der Waals surface area contributed by atoms with Crippen LogP contribution in [0.3, 0.4) is 0 Å². The van der Waals surface area contributed by atoms with E-state index in [0.717, 1.165) is 59.7 Å². The molecule has 0 spiro atoms. The molecule has 9 heteroatoms. The van der Waals surface area contributed by atoms with Crippen molar-refractivity contribution in [3.63, 3.8) is 0 Å². The van der Waals surface area contributed by atoms with Crippen LogP contribution in [0, 0.1) is 0 Å². The Bertz CT molecular complexity index is 1290. The number of H-pyrrole nitrogens is 1. The minimum atomic E-state index is 0.172. The molecule has 33 heavy (non-hydrogen) atoms. The number of hydrogen-bond acceptors (Lipinski definition) is 7. The van der Waals surface area contributed by atoms with Crippen molar-refractivity contribution in [1.82, 2.24) is 25.1 Å². The molecule has 2 aliphatic rings. The molecule has 1 atom stereocenters. The number of thioether (sulfide) groups is 1. The molecular weight excluding hydrogens is 434 g/mol. The van der Waals surface area contributed by atoms with E-state index < -0.39 is 0 Å². The first-order chi connectivity index (χ1) is 16.3. The van der Waals surface area contributed by atoms with Crippen LogP contribution in [0.1, 0.15) is 12.5 Å². The van der Waals surface area contributed by atoms with Crippen LogP contribution in [0.5, 0.6) is 0 Å². The maximum atomic E-state index is 5.47. The number of nitrogens with zero attached hydrogens (tertiary/aromatic N) is 6. The first-order valence-electron chi connectivity index (χ1n) is 11.0. The van der Waals surface area contributed by atoms with E-state index in [1.54, 1.807) is 11.8 Å². The van der Waals surface area contributed by atoms with Gasteiger partial charge in [-0.2, -0.15) is 14.9 Å². The Labute approximate surface area is 195 Å². The molecule has 0 saturated carbocycles. The van der Waals surface area contributed by atoms with E-state index in [2.05, 4.69) is 56.5 Å². The van der Waals surface area contributed by atoms with Crippen LogP contribution in [0.4, 0.5) is 5.69 Å². The molecule has 8 nitrogen and oxygen atoms in total. The number of aromatic nitrogens is 5. The number of fused-ring (bicyclic) bond motifs is 1. The first kappa shape index (κ1) is 20.2. The van der Waals surface area contributed by atoms with Crippen LogP contribution in [0.25, 0.3) is 22.8 Å². The fraction of sp³-hybridized carbons (Fsp3) is 0.250. The Kier molecular flexibility index (Phi) is 5.20. The summed E-state index contributed by atoms with van der Waals surface area (Å²) in [7, 11) is 0. The zero-order valence-electron chi connectivity index (χ0n) is 18.2. The second kappa shape index (κ2) is 8.49. The average molecular weight is 458 g/mol. The Hall–Kier alpha value is -3.43. The molecule has 0 radical (unpaired) electrons. The molecule has 0 aliphatic carbocycles. The highest BCUT2D eigenvalue weighted by Gasteiger charge is 2.27. The summed E-state index contributed by atoms with van der Waals surface area (Å²) in [5, 5.41) is 22.3. The molecule has 1 saturated heterocycles. The van der Waals surface area contributed by atoms with Gasteiger partial charge in [-0.15, -0.1) is 10.2 Å². The van der Waals surface area contributed by atoms with Gasteiger partial charge in [0.1, 0.15) is 5.69 Å². The van der Waals surface area contributed by atoms with Gasteiger partial charge in [-0.3, -0.25) is 5.10 Å². The van der Waals surface area contributed by atoms with Crippen LogP contribution in [-0.4, -0.2) is 62.3 Å². The standard InChI is InChI=1S/C24H23N7OS/c1-16-22(18-7-9-19(10-8-18)30-11-13-32-14-12-30)29-31-23(27-28-24(31)33-16)21-15-20(25-26-21)17-5-3-2-4-6-17/h2-10,15-16H,11-14H2,1H3,(H,25,26). The summed E-state index contributed by atoms with van der Waals surface area (Å²) in [5.74, 6) is 0.654. The predicted molar refractivity (Wildman–Crippen MR) is 130 cm³/mol. The van der Waals surface area contributed by atoms with Gasteiger partial charge in [-0.25, -0.2) is 0 Å². The average Bonchev–Trinajstić information content (AvgIpc) is 3.52. The summed E-state index contributed by atoms with van der Waals surface area (Å²) in [6.45, 7) is 5.56. The van der Waals surface area contributed by atoms with Gasteiger partial charge in [0.05, 0.1) is 29.9 Å². The third-order valence-electron chi connectivity index (χ3n) is 5.91. The van der Waals surface area contributed by atoms with E-state index in [0.29, 0.717) is 5.82 Å². The van der Waals surface area contributed by atoms with Crippen molar-refractivity contribution in [2.24, 2.45) is 5.10 Å². The number of aromatic amines is 1. The number of benzene rings is 2. The van der Waals surface area contributed by atoms with E-state index >= 15 is 0 Å². The highest BCUT2D eigenvalue weighted by atomic mass is 32.2. The molecule has 0 amide bonds. The van der Waals surface area contributed by atoms with Crippen LogP contribution < -0.4 is 4.90 Å². The quantitative estimate of drug-likeness (QED) is 0.500. The molecule has 2 aliphatic heterocycles. The Morgan fingerprint density at radius 3 is 2.55 bits per heavy atom. The Morgan fingerprint density at radius 2 is 1.76 bits per heavy atom. The minimum Gasteiger partial charge on any atom is -0.378 e. The summed E-state index contributed by atoms with van der Waals surface area (Å²) in [6.07, 6.45) is 0. The lowest BCUT2D eigenvalue weighted by molar-refractivity contribution is 0.122. The van der Waals surface area contributed by atoms with Crippen LogP contribution >= 0.6 is 11.8 Å². The molecule has 1 N–H and O–H groups in total. The van der Waals surface area contributed by atoms with Crippen molar-refractivity contribution in [3.05, 3.63) is 66.2 Å². The molecule has 2 aromatic heterocycles. The van der Waals surface area contributed by atoms with Gasteiger partial charge in [-0.05, 0) is 30.7 Å². The van der Waals surface area contributed by atoms with Crippen molar-refractivity contribution < 1.29 is 4.74 Å². The normalized spacial score (nSPS) is 18.2. The van der Waals surface area contributed by atoms with E-state index in [4.69, 9.17) is 9.84 Å². The van der Waals surface area contributed by atoms with Crippen molar-refractivity contribution in [2.45, 2.75) is 17.3 Å². The number of hydrogen-bond donors (Lipinski definition) is 1. The van der Waals surface area contributed by atoms with Crippen molar-refractivity contribution in [2.75, 3.05) is 31.2 Å². The van der Waals surface area contributed by atoms with E-state index in [1.807, 2.05) is 41.1 Å². The van der Waals surface area contributed by atoms with Crippen LogP contribution in [0.15, 0.2) is 70.9 Å². The SMILES string of the molecule is CC1Sc2nnc(-c3cc(-c4ccccc4)n[nH]3)n2N=C1c1ccc(N2CCOCC2)cc1. The van der Waals surface area contributed by atoms with E-state index in [9.17, 15) is 0 Å². The first-order valence-corrected chi connectivity index (χ1v) is 11.9. The maximum Gasteiger partial charge on any atom is 0.213 e. The lowest BCUT2D eigenvalue weighted by atomic mass is 10.1. The Morgan fingerprint density at radius 1 is 0.970 bits per heavy atom. The molecule has 4 aromatic rings. The fourth-order valence-electron chi connectivity index (χ4n) is 4.15. The smallest absolute Gasteiger partial charge is 0.213 e. The molecule has 166 valence electrons.